The average molecular weight is 291 g/mol. The van der Waals surface area contributed by atoms with Crippen LogP contribution in [0.25, 0.3) is 0 Å². The molecule has 0 saturated carbocycles. The zero-order valence-electron chi connectivity index (χ0n) is 12.6. The van der Waals surface area contributed by atoms with Crippen molar-refractivity contribution in [2.75, 3.05) is 18.4 Å². The summed E-state index contributed by atoms with van der Waals surface area (Å²) in [5.41, 5.74) is 0.640. The van der Waals surface area contributed by atoms with Gasteiger partial charge in [0, 0.05) is 19.3 Å². The lowest BCUT2D eigenvalue weighted by molar-refractivity contribution is 0.0696. The van der Waals surface area contributed by atoms with Crippen molar-refractivity contribution in [3.05, 3.63) is 24.0 Å². The fourth-order valence-electron chi connectivity index (χ4n) is 2.48. The highest BCUT2D eigenvalue weighted by atomic mass is 16.4. The maximum absolute atomic E-state index is 12.2. The number of hydrogen-bond acceptors (Lipinski definition) is 3. The maximum atomic E-state index is 12.2. The number of carboxylic acid groups (broad SMARTS) is 1. The number of hydrogen-bond donors (Lipinski definition) is 2. The number of nitrogens with zero attached hydrogens (tertiary/aromatic N) is 2. The molecule has 1 aromatic heterocycles. The van der Waals surface area contributed by atoms with Crippen molar-refractivity contribution in [2.45, 2.75) is 27.2 Å². The number of urea groups is 1. The number of carboxylic acids is 1. The van der Waals surface area contributed by atoms with Crippen LogP contribution < -0.4 is 5.32 Å². The van der Waals surface area contributed by atoms with E-state index in [9.17, 15) is 9.59 Å². The van der Waals surface area contributed by atoms with Crippen LogP contribution in [0.4, 0.5) is 10.5 Å². The van der Waals surface area contributed by atoms with Crippen molar-refractivity contribution in [2.24, 2.45) is 11.3 Å². The third-order valence-corrected chi connectivity index (χ3v) is 3.94. The van der Waals surface area contributed by atoms with Crippen LogP contribution >= 0.6 is 0 Å². The zero-order valence-corrected chi connectivity index (χ0v) is 12.6. The molecule has 1 aromatic rings. The number of likely N-dealkylation sites (tertiary alicyclic amines) is 1. The summed E-state index contributed by atoms with van der Waals surface area (Å²) in [5.74, 6) is -0.584. The highest BCUT2D eigenvalue weighted by Gasteiger charge is 2.33. The fraction of sp³-hybridized carbons (Fsp3) is 0.533. The summed E-state index contributed by atoms with van der Waals surface area (Å²) < 4.78 is 0. The van der Waals surface area contributed by atoms with Crippen LogP contribution in [0.1, 0.15) is 37.6 Å². The Kier molecular flexibility index (Phi) is 4.16. The molecule has 0 spiro atoms. The van der Waals surface area contributed by atoms with Gasteiger partial charge in [-0.3, -0.25) is 4.98 Å². The minimum atomic E-state index is -1.06. The lowest BCUT2D eigenvalue weighted by Crippen LogP contribution is -2.34. The number of carbonyl (C=O) groups is 2. The van der Waals surface area contributed by atoms with Crippen molar-refractivity contribution >= 4 is 17.7 Å². The first-order valence-electron chi connectivity index (χ1n) is 7.01. The number of carbonyl (C=O) groups excluding carboxylic acids is 1. The predicted octanol–water partition coefficient (Wildman–Crippen LogP) is 2.68. The zero-order chi connectivity index (χ0) is 15.6. The van der Waals surface area contributed by atoms with Gasteiger partial charge in [-0.05, 0) is 23.8 Å². The molecule has 0 radical (unpaired) electrons. The van der Waals surface area contributed by atoms with Gasteiger partial charge in [0.25, 0.3) is 0 Å². The quantitative estimate of drug-likeness (QED) is 0.877. The highest BCUT2D eigenvalue weighted by Crippen LogP contribution is 2.33. The predicted molar refractivity (Wildman–Crippen MR) is 79.4 cm³/mol. The summed E-state index contributed by atoms with van der Waals surface area (Å²) in [7, 11) is 0. The smallest absolute Gasteiger partial charge is 0.337 e. The van der Waals surface area contributed by atoms with E-state index in [2.05, 4.69) is 31.1 Å². The van der Waals surface area contributed by atoms with E-state index in [1.807, 2.05) is 0 Å². The third-order valence-electron chi connectivity index (χ3n) is 3.94. The number of nitrogens with one attached hydrogen (secondary N) is 1. The SMILES string of the molecule is CC(C)(C)C1CCN(C(=O)Nc2cncc(C(=O)O)c2)C1. The first-order valence-corrected chi connectivity index (χ1v) is 7.01. The molecule has 2 amide bonds. The van der Waals surface area contributed by atoms with Gasteiger partial charge in [0.05, 0.1) is 17.4 Å². The van der Waals surface area contributed by atoms with Gasteiger partial charge < -0.3 is 15.3 Å². The number of pyridine rings is 1. The summed E-state index contributed by atoms with van der Waals surface area (Å²) in [6.45, 7) is 7.99. The largest absolute Gasteiger partial charge is 0.478 e. The number of aromatic carboxylic acids is 1. The Hall–Kier alpha value is -2.11. The molecule has 1 aliphatic rings. The van der Waals surface area contributed by atoms with E-state index in [-0.39, 0.29) is 17.0 Å². The lowest BCUT2D eigenvalue weighted by atomic mass is 9.80. The van der Waals surface area contributed by atoms with Crippen molar-refractivity contribution < 1.29 is 14.7 Å². The van der Waals surface area contributed by atoms with E-state index >= 15 is 0 Å². The molecule has 2 rings (SSSR count). The summed E-state index contributed by atoms with van der Waals surface area (Å²) in [6.07, 6.45) is 3.69. The molecular formula is C15H21N3O3. The third kappa shape index (κ3) is 3.71. The van der Waals surface area contributed by atoms with Crippen molar-refractivity contribution in [3.8, 4) is 0 Å². The Morgan fingerprint density at radius 3 is 2.67 bits per heavy atom. The summed E-state index contributed by atoms with van der Waals surface area (Å²) in [4.78, 5) is 28.7. The molecule has 1 aliphatic heterocycles. The Morgan fingerprint density at radius 2 is 2.10 bits per heavy atom. The van der Waals surface area contributed by atoms with Gasteiger partial charge in [-0.1, -0.05) is 20.8 Å². The molecule has 0 bridgehead atoms. The summed E-state index contributed by atoms with van der Waals surface area (Å²) >= 11 is 0. The number of rotatable bonds is 2. The Balaban J connectivity index is 2.00. The van der Waals surface area contributed by atoms with E-state index in [4.69, 9.17) is 5.11 Å². The molecule has 2 N–H and O–H groups in total. The molecule has 21 heavy (non-hydrogen) atoms. The van der Waals surface area contributed by atoms with Crippen molar-refractivity contribution in [1.29, 1.82) is 0 Å². The van der Waals surface area contributed by atoms with Gasteiger partial charge in [-0.15, -0.1) is 0 Å². The highest BCUT2D eigenvalue weighted by molar-refractivity contribution is 5.92. The van der Waals surface area contributed by atoms with E-state index in [1.165, 1.54) is 18.5 Å². The van der Waals surface area contributed by atoms with Crippen LogP contribution in [0.15, 0.2) is 18.5 Å². The van der Waals surface area contributed by atoms with Gasteiger partial charge in [-0.25, -0.2) is 9.59 Å². The number of amides is 2. The Labute approximate surface area is 124 Å². The average Bonchev–Trinajstić information content (AvgIpc) is 2.88. The van der Waals surface area contributed by atoms with Crippen LogP contribution in [-0.2, 0) is 0 Å². The molecule has 1 saturated heterocycles. The van der Waals surface area contributed by atoms with E-state index < -0.39 is 5.97 Å². The van der Waals surface area contributed by atoms with Crippen molar-refractivity contribution in [3.63, 3.8) is 0 Å². The molecule has 0 aliphatic carbocycles. The molecule has 114 valence electrons. The second-order valence-electron chi connectivity index (χ2n) is 6.50. The Bertz CT molecular complexity index is 551. The second kappa shape index (κ2) is 5.71. The summed E-state index contributed by atoms with van der Waals surface area (Å²) in [5, 5.41) is 11.6. The monoisotopic (exact) mass is 291 g/mol. The molecular weight excluding hydrogens is 270 g/mol. The van der Waals surface area contributed by atoms with E-state index in [1.54, 1.807) is 4.90 Å². The van der Waals surface area contributed by atoms with Crippen LogP contribution in [0.2, 0.25) is 0 Å². The van der Waals surface area contributed by atoms with Gasteiger partial charge in [0.1, 0.15) is 0 Å². The van der Waals surface area contributed by atoms with Gasteiger partial charge in [-0.2, -0.15) is 0 Å². The van der Waals surface area contributed by atoms with E-state index in [0.717, 1.165) is 19.5 Å². The second-order valence-corrected chi connectivity index (χ2v) is 6.50. The molecule has 1 unspecified atom stereocenters. The maximum Gasteiger partial charge on any atom is 0.337 e. The standard InChI is InChI=1S/C15H21N3O3/c1-15(2,3)11-4-5-18(9-11)14(21)17-12-6-10(13(19)20)7-16-8-12/h6-8,11H,4-5,9H2,1-3H3,(H,17,21)(H,19,20). The van der Waals surface area contributed by atoms with Gasteiger partial charge in [0.15, 0.2) is 0 Å². The first kappa shape index (κ1) is 15.3. The first-order chi connectivity index (χ1) is 9.77. The van der Waals surface area contributed by atoms with Gasteiger partial charge >= 0.3 is 12.0 Å². The van der Waals surface area contributed by atoms with Crippen LogP contribution in [0.5, 0.6) is 0 Å². The fourth-order valence-corrected chi connectivity index (χ4v) is 2.48. The minimum Gasteiger partial charge on any atom is -0.478 e. The minimum absolute atomic E-state index is 0.0572. The number of anilines is 1. The summed E-state index contributed by atoms with van der Waals surface area (Å²) in [6, 6.07) is 1.20. The van der Waals surface area contributed by atoms with Gasteiger partial charge in [0.2, 0.25) is 0 Å². The van der Waals surface area contributed by atoms with Crippen molar-refractivity contribution in [1.82, 2.24) is 9.88 Å². The Morgan fingerprint density at radius 1 is 1.38 bits per heavy atom. The molecule has 6 nitrogen and oxygen atoms in total. The van der Waals surface area contributed by atoms with Crippen LogP contribution in [-0.4, -0.2) is 40.1 Å². The van der Waals surface area contributed by atoms with Crippen LogP contribution in [0, 0.1) is 11.3 Å². The normalized spacial score (nSPS) is 18.6. The molecule has 2 heterocycles. The lowest BCUT2D eigenvalue weighted by Gasteiger charge is -2.27. The molecule has 0 aromatic carbocycles. The number of aromatic nitrogens is 1. The molecule has 6 heteroatoms. The van der Waals surface area contributed by atoms with E-state index in [0.29, 0.717) is 11.6 Å². The topological polar surface area (TPSA) is 82.5 Å². The molecule has 1 atom stereocenters. The van der Waals surface area contributed by atoms with Crippen LogP contribution in [0.3, 0.4) is 0 Å². The molecule has 1 fully saturated rings.